The van der Waals surface area contributed by atoms with Crippen LogP contribution in [0.2, 0.25) is 0 Å². The topological polar surface area (TPSA) is 41.0 Å². The molecule has 0 amide bonds. The van der Waals surface area contributed by atoms with Crippen LogP contribution >= 0.6 is 0 Å². The number of hydrogen-bond donors (Lipinski definition) is 1. The monoisotopic (exact) mass is 256 g/mol. The van der Waals surface area contributed by atoms with Crippen molar-refractivity contribution < 1.29 is 0 Å². The maximum atomic E-state index is 4.32. The standard InChI is InChI=1S/C15H20N4/c1-3-16-12-13-10-11-15(18-17-13)19(4-2)14-8-6-5-7-9-14/h5-11,16H,3-4,12H2,1-2H3. The minimum atomic E-state index is 0.765. The van der Waals surface area contributed by atoms with Gasteiger partial charge in [0.2, 0.25) is 0 Å². The highest BCUT2D eigenvalue weighted by atomic mass is 15.3. The quantitative estimate of drug-likeness (QED) is 0.863. The molecule has 2 aromatic rings. The van der Waals surface area contributed by atoms with E-state index in [0.717, 1.165) is 36.8 Å². The Bertz CT molecular complexity index is 481. The molecule has 0 fully saturated rings. The third-order valence-electron chi connectivity index (χ3n) is 2.92. The van der Waals surface area contributed by atoms with Gasteiger partial charge in [-0.1, -0.05) is 25.1 Å². The first kappa shape index (κ1) is 13.5. The lowest BCUT2D eigenvalue weighted by Gasteiger charge is -2.21. The Morgan fingerprint density at radius 1 is 1.00 bits per heavy atom. The van der Waals surface area contributed by atoms with E-state index in [1.54, 1.807) is 0 Å². The van der Waals surface area contributed by atoms with Gasteiger partial charge < -0.3 is 10.2 Å². The van der Waals surface area contributed by atoms with Crippen molar-refractivity contribution >= 4 is 11.5 Å². The zero-order valence-electron chi connectivity index (χ0n) is 11.5. The highest BCUT2D eigenvalue weighted by Gasteiger charge is 2.08. The SMILES string of the molecule is CCNCc1ccc(N(CC)c2ccccc2)nn1. The van der Waals surface area contributed by atoms with Gasteiger partial charge in [-0.2, -0.15) is 5.10 Å². The number of rotatable bonds is 6. The molecule has 1 aromatic carbocycles. The van der Waals surface area contributed by atoms with Crippen LogP contribution in [0.1, 0.15) is 19.5 Å². The Labute approximate surface area is 114 Å². The van der Waals surface area contributed by atoms with Crippen molar-refractivity contribution in [2.24, 2.45) is 0 Å². The molecule has 1 N–H and O–H groups in total. The average molecular weight is 256 g/mol. The van der Waals surface area contributed by atoms with Crippen molar-refractivity contribution in [1.82, 2.24) is 15.5 Å². The Morgan fingerprint density at radius 2 is 1.79 bits per heavy atom. The lowest BCUT2D eigenvalue weighted by molar-refractivity contribution is 0.697. The van der Waals surface area contributed by atoms with Crippen LogP contribution in [-0.4, -0.2) is 23.3 Å². The Balaban J connectivity index is 2.15. The lowest BCUT2D eigenvalue weighted by atomic mass is 10.3. The predicted octanol–water partition coefficient (Wildman–Crippen LogP) is 2.74. The first-order valence-electron chi connectivity index (χ1n) is 6.71. The summed E-state index contributed by atoms with van der Waals surface area (Å²) in [6.45, 7) is 6.76. The molecular weight excluding hydrogens is 236 g/mol. The maximum absolute atomic E-state index is 4.32. The Hall–Kier alpha value is -1.94. The number of nitrogens with zero attached hydrogens (tertiary/aromatic N) is 3. The maximum Gasteiger partial charge on any atom is 0.155 e. The van der Waals surface area contributed by atoms with Crippen LogP contribution in [0.5, 0.6) is 0 Å². The van der Waals surface area contributed by atoms with Gasteiger partial charge in [0.05, 0.1) is 5.69 Å². The van der Waals surface area contributed by atoms with Gasteiger partial charge >= 0.3 is 0 Å². The van der Waals surface area contributed by atoms with Crippen molar-refractivity contribution in [3.8, 4) is 0 Å². The van der Waals surface area contributed by atoms with Crippen molar-refractivity contribution in [3.63, 3.8) is 0 Å². The van der Waals surface area contributed by atoms with Crippen molar-refractivity contribution in [3.05, 3.63) is 48.2 Å². The summed E-state index contributed by atoms with van der Waals surface area (Å²) in [4.78, 5) is 2.14. The number of anilines is 2. The molecular formula is C15H20N4. The zero-order valence-corrected chi connectivity index (χ0v) is 11.5. The second-order valence-electron chi connectivity index (χ2n) is 4.24. The van der Waals surface area contributed by atoms with E-state index in [2.05, 4.69) is 46.4 Å². The van der Waals surface area contributed by atoms with Crippen LogP contribution in [0.25, 0.3) is 0 Å². The zero-order chi connectivity index (χ0) is 13.5. The van der Waals surface area contributed by atoms with Crippen molar-refractivity contribution in [1.29, 1.82) is 0 Å². The molecule has 0 saturated carbocycles. The third-order valence-corrected chi connectivity index (χ3v) is 2.92. The summed E-state index contributed by atoms with van der Waals surface area (Å²) >= 11 is 0. The van der Waals surface area contributed by atoms with E-state index in [1.165, 1.54) is 0 Å². The fourth-order valence-corrected chi connectivity index (χ4v) is 1.93. The molecule has 2 rings (SSSR count). The summed E-state index contributed by atoms with van der Waals surface area (Å²) in [5.74, 6) is 0.883. The van der Waals surface area contributed by atoms with Gasteiger partial charge in [0.25, 0.3) is 0 Å². The van der Waals surface area contributed by atoms with Crippen molar-refractivity contribution in [2.45, 2.75) is 20.4 Å². The third kappa shape index (κ3) is 3.51. The molecule has 19 heavy (non-hydrogen) atoms. The molecule has 0 aliphatic rings. The number of benzene rings is 1. The molecule has 1 aromatic heterocycles. The van der Waals surface area contributed by atoms with E-state index < -0.39 is 0 Å². The van der Waals surface area contributed by atoms with E-state index in [0.29, 0.717) is 0 Å². The predicted molar refractivity (Wildman–Crippen MR) is 78.5 cm³/mol. The normalized spacial score (nSPS) is 10.4. The van der Waals surface area contributed by atoms with Crippen LogP contribution in [0, 0.1) is 0 Å². The van der Waals surface area contributed by atoms with Crippen LogP contribution in [0.4, 0.5) is 11.5 Å². The van der Waals surface area contributed by atoms with E-state index in [4.69, 9.17) is 0 Å². The number of hydrogen-bond acceptors (Lipinski definition) is 4. The van der Waals surface area contributed by atoms with Crippen LogP contribution in [-0.2, 0) is 6.54 Å². The molecule has 0 spiro atoms. The first-order chi connectivity index (χ1) is 9.35. The summed E-state index contributed by atoms with van der Waals surface area (Å²) in [5, 5.41) is 11.8. The van der Waals surface area contributed by atoms with E-state index >= 15 is 0 Å². The van der Waals surface area contributed by atoms with E-state index in [-0.39, 0.29) is 0 Å². The first-order valence-corrected chi connectivity index (χ1v) is 6.71. The highest BCUT2D eigenvalue weighted by molar-refractivity contribution is 5.59. The van der Waals surface area contributed by atoms with Crippen molar-refractivity contribution in [2.75, 3.05) is 18.0 Å². The minimum Gasteiger partial charge on any atom is -0.325 e. The number of aromatic nitrogens is 2. The second kappa shape index (κ2) is 6.85. The molecule has 100 valence electrons. The molecule has 4 nitrogen and oxygen atoms in total. The number of para-hydroxylation sites is 1. The largest absolute Gasteiger partial charge is 0.325 e. The van der Waals surface area contributed by atoms with Crippen LogP contribution < -0.4 is 10.2 Å². The summed E-state index contributed by atoms with van der Waals surface area (Å²) < 4.78 is 0. The van der Waals surface area contributed by atoms with E-state index in [1.807, 2.05) is 30.3 Å². The minimum absolute atomic E-state index is 0.765. The average Bonchev–Trinajstić information content (AvgIpc) is 2.48. The van der Waals surface area contributed by atoms with Gasteiger partial charge in [0, 0.05) is 18.8 Å². The van der Waals surface area contributed by atoms with Gasteiger partial charge in [-0.25, -0.2) is 0 Å². The van der Waals surface area contributed by atoms with Gasteiger partial charge in [0.15, 0.2) is 5.82 Å². The van der Waals surface area contributed by atoms with E-state index in [9.17, 15) is 0 Å². The second-order valence-corrected chi connectivity index (χ2v) is 4.24. The Morgan fingerprint density at radius 3 is 2.37 bits per heavy atom. The molecule has 4 heteroatoms. The molecule has 0 radical (unpaired) electrons. The fourth-order valence-electron chi connectivity index (χ4n) is 1.93. The van der Waals surface area contributed by atoms with Gasteiger partial charge in [-0.3, -0.25) is 0 Å². The summed E-state index contributed by atoms with van der Waals surface area (Å²) in [6, 6.07) is 14.3. The lowest BCUT2D eigenvalue weighted by Crippen LogP contribution is -2.19. The van der Waals surface area contributed by atoms with Crippen LogP contribution in [0.3, 0.4) is 0 Å². The number of nitrogens with one attached hydrogen (secondary N) is 1. The highest BCUT2D eigenvalue weighted by Crippen LogP contribution is 2.21. The molecule has 0 bridgehead atoms. The molecule has 0 aliphatic carbocycles. The smallest absolute Gasteiger partial charge is 0.155 e. The van der Waals surface area contributed by atoms with Gasteiger partial charge in [0.1, 0.15) is 0 Å². The van der Waals surface area contributed by atoms with Gasteiger partial charge in [-0.05, 0) is 37.7 Å². The summed E-state index contributed by atoms with van der Waals surface area (Å²) in [7, 11) is 0. The Kier molecular flexibility index (Phi) is 4.86. The molecule has 0 saturated heterocycles. The molecule has 0 atom stereocenters. The molecule has 0 unspecified atom stereocenters. The van der Waals surface area contributed by atoms with Crippen LogP contribution in [0.15, 0.2) is 42.5 Å². The fraction of sp³-hybridized carbons (Fsp3) is 0.333. The molecule has 0 aliphatic heterocycles. The summed E-state index contributed by atoms with van der Waals surface area (Å²) in [6.07, 6.45) is 0. The summed E-state index contributed by atoms with van der Waals surface area (Å²) in [5.41, 5.74) is 2.11. The molecule has 1 heterocycles. The van der Waals surface area contributed by atoms with Gasteiger partial charge in [-0.15, -0.1) is 5.10 Å².